The fourth-order valence-electron chi connectivity index (χ4n) is 1.42. The molecule has 0 saturated carbocycles. The van der Waals surface area contributed by atoms with Gasteiger partial charge < -0.3 is 9.84 Å². The monoisotopic (exact) mass is 216 g/mol. The molecule has 4 heteroatoms. The Morgan fingerprint density at radius 2 is 2.50 bits per heavy atom. The molecule has 1 rings (SSSR count). The molecule has 0 amide bonds. The van der Waals surface area contributed by atoms with Crippen molar-refractivity contribution >= 4 is 17.7 Å². The third kappa shape index (κ3) is 2.75. The number of carboxylic acids is 1. The SMILES string of the molecule is C/C=C/COC1(C(=O)O)CCCSC1. The Labute approximate surface area is 88.5 Å². The second-order valence-electron chi connectivity index (χ2n) is 3.34. The topological polar surface area (TPSA) is 46.5 Å². The maximum absolute atomic E-state index is 11.1. The minimum atomic E-state index is -0.942. The fraction of sp³-hybridized carbons (Fsp3) is 0.700. The molecule has 80 valence electrons. The highest BCUT2D eigenvalue weighted by Crippen LogP contribution is 2.30. The summed E-state index contributed by atoms with van der Waals surface area (Å²) in [4.78, 5) is 11.1. The number of carboxylic acid groups (broad SMARTS) is 1. The Hall–Kier alpha value is -0.480. The Kier molecular flexibility index (Phi) is 4.48. The van der Waals surface area contributed by atoms with Crippen molar-refractivity contribution in [3.05, 3.63) is 12.2 Å². The lowest BCUT2D eigenvalue weighted by Gasteiger charge is -2.32. The molecule has 0 bridgehead atoms. The summed E-state index contributed by atoms with van der Waals surface area (Å²) in [6.45, 7) is 2.29. The van der Waals surface area contributed by atoms with Gasteiger partial charge in [-0.15, -0.1) is 0 Å². The quantitative estimate of drug-likeness (QED) is 0.729. The zero-order valence-electron chi connectivity index (χ0n) is 8.36. The van der Waals surface area contributed by atoms with Crippen molar-refractivity contribution in [1.29, 1.82) is 0 Å². The first-order valence-corrected chi connectivity index (χ1v) is 5.93. The predicted molar refractivity (Wildman–Crippen MR) is 57.7 cm³/mol. The molecule has 1 N–H and O–H groups in total. The van der Waals surface area contributed by atoms with E-state index in [0.717, 1.165) is 12.2 Å². The zero-order chi connectivity index (χ0) is 10.4. The molecule has 0 aromatic carbocycles. The number of hydrogen-bond donors (Lipinski definition) is 1. The first kappa shape index (κ1) is 11.6. The van der Waals surface area contributed by atoms with Crippen molar-refractivity contribution in [2.45, 2.75) is 25.4 Å². The second kappa shape index (κ2) is 5.41. The van der Waals surface area contributed by atoms with Gasteiger partial charge in [-0.1, -0.05) is 12.2 Å². The van der Waals surface area contributed by atoms with Crippen LogP contribution in [-0.4, -0.2) is 34.8 Å². The lowest BCUT2D eigenvalue weighted by molar-refractivity contribution is -0.162. The van der Waals surface area contributed by atoms with Crippen LogP contribution < -0.4 is 0 Å². The minimum Gasteiger partial charge on any atom is -0.479 e. The van der Waals surface area contributed by atoms with Gasteiger partial charge in [-0.3, -0.25) is 0 Å². The number of allylic oxidation sites excluding steroid dienone is 1. The molecule has 1 aliphatic rings. The maximum Gasteiger partial charge on any atom is 0.336 e. The Bertz CT molecular complexity index is 219. The summed E-state index contributed by atoms with van der Waals surface area (Å²) in [5.41, 5.74) is -0.942. The van der Waals surface area contributed by atoms with Crippen LogP contribution in [-0.2, 0) is 9.53 Å². The lowest BCUT2D eigenvalue weighted by atomic mass is 10.00. The third-order valence-corrected chi connectivity index (χ3v) is 3.53. The van der Waals surface area contributed by atoms with Crippen LogP contribution in [0.4, 0.5) is 0 Å². The predicted octanol–water partition coefficient (Wildman–Crippen LogP) is 1.93. The van der Waals surface area contributed by atoms with E-state index in [2.05, 4.69) is 0 Å². The number of hydrogen-bond acceptors (Lipinski definition) is 3. The van der Waals surface area contributed by atoms with E-state index in [9.17, 15) is 4.79 Å². The van der Waals surface area contributed by atoms with Crippen LogP contribution in [0.3, 0.4) is 0 Å². The summed E-state index contributed by atoms with van der Waals surface area (Å²) in [6.07, 6.45) is 5.26. The van der Waals surface area contributed by atoms with Crippen molar-refractivity contribution in [3.63, 3.8) is 0 Å². The van der Waals surface area contributed by atoms with E-state index in [1.54, 1.807) is 11.8 Å². The van der Waals surface area contributed by atoms with Crippen LogP contribution in [0.5, 0.6) is 0 Å². The van der Waals surface area contributed by atoms with E-state index in [1.165, 1.54) is 0 Å². The van der Waals surface area contributed by atoms with Crippen LogP contribution in [0.25, 0.3) is 0 Å². The molecule has 1 unspecified atom stereocenters. The molecule has 0 aromatic heterocycles. The van der Waals surface area contributed by atoms with Crippen LogP contribution in [0.1, 0.15) is 19.8 Å². The van der Waals surface area contributed by atoms with E-state index in [-0.39, 0.29) is 0 Å². The van der Waals surface area contributed by atoms with Crippen molar-refractivity contribution in [3.8, 4) is 0 Å². The molecular formula is C10H16O3S. The molecule has 3 nitrogen and oxygen atoms in total. The van der Waals surface area contributed by atoms with Gasteiger partial charge in [0.1, 0.15) is 0 Å². The molecular weight excluding hydrogens is 200 g/mol. The normalized spacial score (nSPS) is 28.1. The van der Waals surface area contributed by atoms with Crippen LogP contribution in [0, 0.1) is 0 Å². The maximum atomic E-state index is 11.1. The molecule has 1 saturated heterocycles. The first-order valence-electron chi connectivity index (χ1n) is 4.77. The number of carbonyl (C=O) groups is 1. The van der Waals surface area contributed by atoms with E-state index >= 15 is 0 Å². The van der Waals surface area contributed by atoms with Gasteiger partial charge in [0, 0.05) is 5.75 Å². The van der Waals surface area contributed by atoms with Crippen molar-refractivity contribution < 1.29 is 14.6 Å². The van der Waals surface area contributed by atoms with Crippen molar-refractivity contribution in [2.24, 2.45) is 0 Å². The highest BCUT2D eigenvalue weighted by atomic mass is 32.2. The van der Waals surface area contributed by atoms with E-state index in [0.29, 0.717) is 18.8 Å². The van der Waals surface area contributed by atoms with Crippen LogP contribution in [0.2, 0.25) is 0 Å². The van der Waals surface area contributed by atoms with Gasteiger partial charge in [-0.05, 0) is 25.5 Å². The Balaban J connectivity index is 2.56. The van der Waals surface area contributed by atoms with Gasteiger partial charge in [0.15, 0.2) is 5.60 Å². The molecule has 0 aliphatic carbocycles. The van der Waals surface area contributed by atoms with E-state index in [4.69, 9.17) is 9.84 Å². The molecule has 0 aromatic rings. The summed E-state index contributed by atoms with van der Waals surface area (Å²) >= 11 is 1.66. The van der Waals surface area contributed by atoms with Gasteiger partial charge in [0.05, 0.1) is 6.61 Å². The van der Waals surface area contributed by atoms with Crippen molar-refractivity contribution in [2.75, 3.05) is 18.1 Å². The molecule has 0 radical (unpaired) electrons. The number of thioether (sulfide) groups is 1. The smallest absolute Gasteiger partial charge is 0.336 e. The summed E-state index contributed by atoms with van der Waals surface area (Å²) in [6, 6.07) is 0. The third-order valence-electron chi connectivity index (χ3n) is 2.29. The molecule has 0 spiro atoms. The number of ether oxygens (including phenoxy) is 1. The summed E-state index contributed by atoms with van der Waals surface area (Å²) in [5.74, 6) is 0.788. The molecule has 1 fully saturated rings. The summed E-state index contributed by atoms with van der Waals surface area (Å²) < 4.78 is 5.47. The second-order valence-corrected chi connectivity index (χ2v) is 4.44. The van der Waals surface area contributed by atoms with Crippen molar-refractivity contribution in [1.82, 2.24) is 0 Å². The molecule has 1 atom stereocenters. The van der Waals surface area contributed by atoms with Gasteiger partial charge in [0.2, 0.25) is 0 Å². The summed E-state index contributed by atoms with van der Waals surface area (Å²) in [7, 11) is 0. The lowest BCUT2D eigenvalue weighted by Crippen LogP contribution is -2.46. The highest BCUT2D eigenvalue weighted by molar-refractivity contribution is 7.99. The molecule has 14 heavy (non-hydrogen) atoms. The molecule has 1 aliphatic heterocycles. The number of aliphatic carboxylic acids is 1. The first-order chi connectivity index (χ1) is 6.71. The average molecular weight is 216 g/mol. The van der Waals surface area contributed by atoms with Gasteiger partial charge in [0.25, 0.3) is 0 Å². The standard InChI is InChI=1S/C10H16O3S/c1-2-3-6-13-10(9(11)12)5-4-7-14-8-10/h2-3H,4-8H2,1H3,(H,11,12)/b3-2+. The minimum absolute atomic E-state index is 0.392. The highest BCUT2D eigenvalue weighted by Gasteiger charge is 2.40. The van der Waals surface area contributed by atoms with Gasteiger partial charge >= 0.3 is 5.97 Å². The summed E-state index contributed by atoms with van der Waals surface area (Å²) in [5, 5.41) is 9.13. The van der Waals surface area contributed by atoms with Gasteiger partial charge in [-0.2, -0.15) is 11.8 Å². The fourth-order valence-corrected chi connectivity index (χ4v) is 2.59. The molecule has 1 heterocycles. The zero-order valence-corrected chi connectivity index (χ0v) is 9.18. The van der Waals surface area contributed by atoms with E-state index < -0.39 is 11.6 Å². The number of rotatable bonds is 4. The van der Waals surface area contributed by atoms with E-state index in [1.807, 2.05) is 19.1 Å². The van der Waals surface area contributed by atoms with Crippen LogP contribution >= 0.6 is 11.8 Å². The average Bonchev–Trinajstić information content (AvgIpc) is 2.19. The Morgan fingerprint density at radius 1 is 1.71 bits per heavy atom. The van der Waals surface area contributed by atoms with Crippen LogP contribution in [0.15, 0.2) is 12.2 Å². The largest absolute Gasteiger partial charge is 0.479 e. The van der Waals surface area contributed by atoms with Gasteiger partial charge in [-0.25, -0.2) is 4.79 Å². The Morgan fingerprint density at radius 3 is 3.00 bits per heavy atom.